The average Bonchev–Trinajstić information content (AvgIpc) is 2.55. The van der Waals surface area contributed by atoms with Gasteiger partial charge in [-0.1, -0.05) is 22.0 Å². The third-order valence-corrected chi connectivity index (χ3v) is 4.25. The molecule has 2 aliphatic heterocycles. The number of amides is 2. The van der Waals surface area contributed by atoms with Gasteiger partial charge in [-0.2, -0.15) is 0 Å². The third kappa shape index (κ3) is 2.31. The lowest BCUT2D eigenvalue weighted by Gasteiger charge is -2.46. The van der Waals surface area contributed by atoms with Crippen LogP contribution < -0.4 is 5.32 Å². The Morgan fingerprint density at radius 1 is 1.38 bits per heavy atom. The van der Waals surface area contributed by atoms with E-state index in [9.17, 15) is 9.59 Å². The molecule has 1 aromatic rings. The minimum atomic E-state index is -0.618. The SMILES string of the molecule is CC(C)(C)OC(=O)N1CC2(C1)C(=O)Nc1cc(Br)ccc12. The van der Waals surface area contributed by atoms with Gasteiger partial charge >= 0.3 is 6.09 Å². The van der Waals surface area contributed by atoms with E-state index in [0.717, 1.165) is 15.7 Å². The Labute approximate surface area is 131 Å². The number of nitrogens with one attached hydrogen (secondary N) is 1. The maximum Gasteiger partial charge on any atom is 0.410 e. The zero-order valence-corrected chi connectivity index (χ0v) is 13.8. The largest absolute Gasteiger partial charge is 0.444 e. The van der Waals surface area contributed by atoms with Crippen molar-refractivity contribution in [2.24, 2.45) is 0 Å². The van der Waals surface area contributed by atoms with Crippen LogP contribution in [0, 0.1) is 0 Å². The molecule has 1 N–H and O–H groups in total. The first-order valence-corrected chi connectivity index (χ1v) is 7.60. The second-order valence-corrected chi connectivity index (χ2v) is 7.48. The summed E-state index contributed by atoms with van der Waals surface area (Å²) in [6.45, 7) is 6.21. The lowest BCUT2D eigenvalue weighted by Crippen LogP contribution is -2.64. The average molecular weight is 353 g/mol. The van der Waals surface area contributed by atoms with E-state index in [1.807, 2.05) is 39.0 Å². The maximum absolute atomic E-state index is 12.3. The second kappa shape index (κ2) is 4.47. The van der Waals surface area contributed by atoms with E-state index in [-0.39, 0.29) is 12.0 Å². The fraction of sp³-hybridized carbons (Fsp3) is 0.467. The Kier molecular flexibility index (Phi) is 3.06. The maximum atomic E-state index is 12.3. The molecule has 1 saturated heterocycles. The van der Waals surface area contributed by atoms with Gasteiger partial charge in [-0.25, -0.2) is 4.79 Å². The molecular formula is C15H17BrN2O3. The summed E-state index contributed by atoms with van der Waals surface area (Å²) in [5.74, 6) is -0.0459. The zero-order valence-electron chi connectivity index (χ0n) is 12.2. The normalized spacial score (nSPS) is 19.0. The van der Waals surface area contributed by atoms with Crippen LogP contribution in [0.5, 0.6) is 0 Å². The van der Waals surface area contributed by atoms with Gasteiger partial charge in [0.15, 0.2) is 0 Å². The van der Waals surface area contributed by atoms with Crippen LogP contribution in [0.4, 0.5) is 10.5 Å². The minimum absolute atomic E-state index is 0.0459. The van der Waals surface area contributed by atoms with Gasteiger partial charge in [0.1, 0.15) is 11.0 Å². The number of anilines is 1. The van der Waals surface area contributed by atoms with Crippen molar-refractivity contribution in [3.63, 3.8) is 0 Å². The van der Waals surface area contributed by atoms with Crippen molar-refractivity contribution in [2.45, 2.75) is 31.8 Å². The molecule has 0 aromatic heterocycles. The molecule has 3 rings (SSSR count). The third-order valence-electron chi connectivity index (χ3n) is 3.75. The first-order chi connectivity index (χ1) is 9.71. The van der Waals surface area contributed by atoms with Crippen LogP contribution in [0.15, 0.2) is 22.7 Å². The van der Waals surface area contributed by atoms with Crippen molar-refractivity contribution in [1.82, 2.24) is 4.90 Å². The molecule has 5 nitrogen and oxygen atoms in total. The van der Waals surface area contributed by atoms with Crippen molar-refractivity contribution >= 4 is 33.6 Å². The smallest absolute Gasteiger partial charge is 0.410 e. The summed E-state index contributed by atoms with van der Waals surface area (Å²) in [4.78, 5) is 25.9. The number of benzene rings is 1. The number of hydrogen-bond donors (Lipinski definition) is 1. The Bertz CT molecular complexity index is 630. The molecule has 2 amide bonds. The lowest BCUT2D eigenvalue weighted by molar-refractivity contribution is -0.126. The van der Waals surface area contributed by atoms with Crippen molar-refractivity contribution in [2.75, 3.05) is 18.4 Å². The number of carbonyl (C=O) groups excluding carboxylic acids is 2. The van der Waals surface area contributed by atoms with Gasteiger partial charge in [0.05, 0.1) is 0 Å². The molecule has 0 aliphatic carbocycles. The van der Waals surface area contributed by atoms with Crippen LogP contribution >= 0.6 is 15.9 Å². The molecule has 0 bridgehead atoms. The number of fused-ring (bicyclic) bond motifs is 2. The molecule has 1 fully saturated rings. The van der Waals surface area contributed by atoms with E-state index in [1.165, 1.54) is 0 Å². The summed E-state index contributed by atoms with van der Waals surface area (Å²) in [7, 11) is 0. The minimum Gasteiger partial charge on any atom is -0.444 e. The summed E-state index contributed by atoms with van der Waals surface area (Å²) in [5, 5.41) is 2.89. The van der Waals surface area contributed by atoms with Crippen LogP contribution in [-0.2, 0) is 14.9 Å². The van der Waals surface area contributed by atoms with Crippen molar-refractivity contribution in [3.05, 3.63) is 28.2 Å². The van der Waals surface area contributed by atoms with E-state index < -0.39 is 11.0 Å². The molecule has 1 spiro atoms. The second-order valence-electron chi connectivity index (χ2n) is 6.56. The van der Waals surface area contributed by atoms with Crippen molar-refractivity contribution < 1.29 is 14.3 Å². The number of rotatable bonds is 0. The van der Waals surface area contributed by atoms with Gasteiger partial charge in [0.25, 0.3) is 0 Å². The predicted molar refractivity (Wildman–Crippen MR) is 82.3 cm³/mol. The van der Waals surface area contributed by atoms with Gasteiger partial charge in [0, 0.05) is 23.2 Å². The highest BCUT2D eigenvalue weighted by molar-refractivity contribution is 9.10. The first-order valence-electron chi connectivity index (χ1n) is 6.81. The fourth-order valence-corrected chi connectivity index (χ4v) is 3.14. The molecular weight excluding hydrogens is 336 g/mol. The highest BCUT2D eigenvalue weighted by atomic mass is 79.9. The zero-order chi connectivity index (χ0) is 15.4. The Hall–Kier alpha value is -1.56. The summed E-state index contributed by atoms with van der Waals surface area (Å²) >= 11 is 3.39. The monoisotopic (exact) mass is 352 g/mol. The first kappa shape index (κ1) is 14.4. The standard InChI is InChI=1S/C15H17BrN2O3/c1-14(2,3)21-13(20)18-7-15(8-18)10-5-4-9(16)6-11(10)17-12(15)19/h4-6H,7-8H2,1-3H3,(H,17,19). The molecule has 2 aliphatic rings. The molecule has 112 valence electrons. The lowest BCUT2D eigenvalue weighted by atomic mass is 9.75. The summed E-state index contributed by atoms with van der Waals surface area (Å²) in [6.07, 6.45) is -0.369. The Morgan fingerprint density at radius 2 is 2.05 bits per heavy atom. The van der Waals surface area contributed by atoms with Crippen LogP contribution in [-0.4, -0.2) is 35.6 Å². The van der Waals surface area contributed by atoms with Gasteiger partial charge in [-0.3, -0.25) is 4.79 Å². The Balaban J connectivity index is 1.78. The van der Waals surface area contributed by atoms with Crippen LogP contribution in [0.2, 0.25) is 0 Å². The predicted octanol–water partition coefficient (Wildman–Crippen LogP) is 2.89. The number of halogens is 1. The number of carbonyl (C=O) groups is 2. The fourth-order valence-electron chi connectivity index (χ4n) is 2.78. The topological polar surface area (TPSA) is 58.6 Å². The molecule has 21 heavy (non-hydrogen) atoms. The molecule has 6 heteroatoms. The highest BCUT2D eigenvalue weighted by Gasteiger charge is 2.57. The van der Waals surface area contributed by atoms with E-state index >= 15 is 0 Å². The van der Waals surface area contributed by atoms with E-state index in [1.54, 1.807) is 4.90 Å². The quantitative estimate of drug-likeness (QED) is 0.780. The highest BCUT2D eigenvalue weighted by Crippen LogP contribution is 2.45. The molecule has 2 heterocycles. The van der Waals surface area contributed by atoms with Crippen LogP contribution in [0.1, 0.15) is 26.3 Å². The molecule has 0 unspecified atom stereocenters. The summed E-state index contributed by atoms with van der Waals surface area (Å²) in [6, 6.07) is 5.73. The summed E-state index contributed by atoms with van der Waals surface area (Å²) < 4.78 is 6.25. The van der Waals surface area contributed by atoms with Gasteiger partial charge in [0.2, 0.25) is 5.91 Å². The molecule has 0 radical (unpaired) electrons. The summed E-state index contributed by atoms with van der Waals surface area (Å²) in [5.41, 5.74) is 0.627. The number of likely N-dealkylation sites (tertiary alicyclic amines) is 1. The molecule has 1 aromatic carbocycles. The van der Waals surface area contributed by atoms with Gasteiger partial charge in [-0.05, 0) is 38.5 Å². The van der Waals surface area contributed by atoms with E-state index in [2.05, 4.69) is 21.2 Å². The number of nitrogens with zero attached hydrogens (tertiary/aromatic N) is 1. The van der Waals surface area contributed by atoms with Crippen LogP contribution in [0.25, 0.3) is 0 Å². The van der Waals surface area contributed by atoms with Crippen molar-refractivity contribution in [3.8, 4) is 0 Å². The van der Waals surface area contributed by atoms with Crippen LogP contribution in [0.3, 0.4) is 0 Å². The van der Waals surface area contributed by atoms with Gasteiger partial charge in [-0.15, -0.1) is 0 Å². The van der Waals surface area contributed by atoms with E-state index in [0.29, 0.717) is 13.1 Å². The Morgan fingerprint density at radius 3 is 2.67 bits per heavy atom. The van der Waals surface area contributed by atoms with Crippen molar-refractivity contribution in [1.29, 1.82) is 0 Å². The number of hydrogen-bond acceptors (Lipinski definition) is 3. The molecule has 0 atom stereocenters. The van der Waals surface area contributed by atoms with E-state index in [4.69, 9.17) is 4.74 Å². The van der Waals surface area contributed by atoms with Gasteiger partial charge < -0.3 is 15.0 Å². The molecule has 0 saturated carbocycles. The number of ether oxygens (including phenoxy) is 1.